The lowest BCUT2D eigenvalue weighted by Gasteiger charge is -2.14. The molecule has 96 valence electrons. The van der Waals surface area contributed by atoms with Crippen molar-refractivity contribution in [2.75, 3.05) is 0 Å². The fraction of sp³-hybridized carbons (Fsp3) is 0.500. The first-order chi connectivity index (χ1) is 8.69. The van der Waals surface area contributed by atoms with E-state index in [-0.39, 0.29) is 18.2 Å². The van der Waals surface area contributed by atoms with Crippen LogP contribution in [-0.4, -0.2) is 18.4 Å². The highest BCUT2D eigenvalue weighted by molar-refractivity contribution is 5.66. The number of carbonyl (C=O) groups excluding carboxylic acids is 1. The molecule has 0 saturated carbocycles. The second-order valence-electron chi connectivity index (χ2n) is 4.67. The van der Waals surface area contributed by atoms with Crippen LogP contribution in [0.1, 0.15) is 37.5 Å². The summed E-state index contributed by atoms with van der Waals surface area (Å²) < 4.78 is 16.8. The van der Waals surface area contributed by atoms with Crippen LogP contribution in [-0.2, 0) is 20.7 Å². The minimum absolute atomic E-state index is 0.0305. The molecule has 0 amide bonds. The van der Waals surface area contributed by atoms with Gasteiger partial charge >= 0.3 is 5.97 Å². The molecule has 2 aliphatic rings. The minimum atomic E-state index is -0.476. The second kappa shape index (κ2) is 4.28. The fourth-order valence-corrected chi connectivity index (χ4v) is 2.73. The van der Waals surface area contributed by atoms with E-state index < -0.39 is 6.29 Å². The van der Waals surface area contributed by atoms with Crippen molar-refractivity contribution in [3.05, 3.63) is 29.3 Å². The SMILES string of the molecule is CCc1cccc2c1[C@@H]1O[C@@H](OC(C)=O)C[C@@H]1O2. The zero-order valence-corrected chi connectivity index (χ0v) is 10.5. The van der Waals surface area contributed by atoms with Crippen LogP contribution in [0.3, 0.4) is 0 Å². The van der Waals surface area contributed by atoms with Gasteiger partial charge in [0, 0.05) is 12.5 Å². The Morgan fingerprint density at radius 3 is 3.06 bits per heavy atom. The average molecular weight is 248 g/mol. The largest absolute Gasteiger partial charge is 0.487 e. The summed E-state index contributed by atoms with van der Waals surface area (Å²) in [5, 5.41) is 0. The first kappa shape index (κ1) is 11.5. The number of benzene rings is 1. The molecule has 0 aromatic heterocycles. The molecule has 2 aliphatic heterocycles. The number of aryl methyl sites for hydroxylation is 1. The molecule has 1 aromatic rings. The van der Waals surface area contributed by atoms with Crippen LogP contribution in [0.2, 0.25) is 0 Å². The summed E-state index contributed by atoms with van der Waals surface area (Å²) >= 11 is 0. The Balaban J connectivity index is 1.86. The van der Waals surface area contributed by atoms with Gasteiger partial charge in [0.15, 0.2) is 0 Å². The number of fused-ring (bicyclic) bond motifs is 3. The zero-order valence-electron chi connectivity index (χ0n) is 10.5. The van der Waals surface area contributed by atoms with E-state index in [1.54, 1.807) is 0 Å². The van der Waals surface area contributed by atoms with Crippen LogP contribution >= 0.6 is 0 Å². The van der Waals surface area contributed by atoms with E-state index in [2.05, 4.69) is 13.0 Å². The van der Waals surface area contributed by atoms with E-state index in [0.717, 1.165) is 17.7 Å². The first-order valence-corrected chi connectivity index (χ1v) is 6.30. The molecule has 18 heavy (non-hydrogen) atoms. The molecular formula is C14H16O4. The number of rotatable bonds is 2. The fourth-order valence-electron chi connectivity index (χ4n) is 2.73. The van der Waals surface area contributed by atoms with Gasteiger partial charge in [0.2, 0.25) is 6.29 Å². The molecule has 0 bridgehead atoms. The third kappa shape index (κ3) is 1.77. The molecule has 3 atom stereocenters. The average Bonchev–Trinajstić information content (AvgIpc) is 2.84. The number of hydrogen-bond acceptors (Lipinski definition) is 4. The summed E-state index contributed by atoms with van der Waals surface area (Å²) in [6, 6.07) is 6.06. The maximum Gasteiger partial charge on any atom is 0.304 e. The van der Waals surface area contributed by atoms with E-state index in [0.29, 0.717) is 6.42 Å². The van der Waals surface area contributed by atoms with Crippen LogP contribution in [0.15, 0.2) is 18.2 Å². The number of carbonyl (C=O) groups is 1. The lowest BCUT2D eigenvalue weighted by atomic mass is 9.99. The van der Waals surface area contributed by atoms with E-state index in [4.69, 9.17) is 14.2 Å². The minimum Gasteiger partial charge on any atom is -0.487 e. The first-order valence-electron chi connectivity index (χ1n) is 6.30. The van der Waals surface area contributed by atoms with Crippen molar-refractivity contribution >= 4 is 5.97 Å². The summed E-state index contributed by atoms with van der Waals surface area (Å²) in [6.07, 6.45) is 0.937. The third-order valence-corrected chi connectivity index (χ3v) is 3.46. The van der Waals surface area contributed by atoms with Crippen molar-refractivity contribution in [2.24, 2.45) is 0 Å². The van der Waals surface area contributed by atoms with Gasteiger partial charge in [-0.15, -0.1) is 0 Å². The van der Waals surface area contributed by atoms with Gasteiger partial charge in [0.25, 0.3) is 0 Å². The number of esters is 1. The monoisotopic (exact) mass is 248 g/mol. The molecule has 0 radical (unpaired) electrons. The van der Waals surface area contributed by atoms with E-state index >= 15 is 0 Å². The molecule has 1 fully saturated rings. The molecule has 0 N–H and O–H groups in total. The predicted molar refractivity (Wildman–Crippen MR) is 64.2 cm³/mol. The van der Waals surface area contributed by atoms with Gasteiger partial charge in [-0.25, -0.2) is 0 Å². The molecule has 0 unspecified atom stereocenters. The third-order valence-electron chi connectivity index (χ3n) is 3.46. The zero-order chi connectivity index (χ0) is 12.7. The van der Waals surface area contributed by atoms with Gasteiger partial charge in [0.05, 0.1) is 6.42 Å². The lowest BCUT2D eigenvalue weighted by Crippen LogP contribution is -2.16. The quantitative estimate of drug-likeness (QED) is 0.754. The lowest BCUT2D eigenvalue weighted by molar-refractivity contribution is -0.173. The molecule has 1 aromatic carbocycles. The van der Waals surface area contributed by atoms with Gasteiger partial charge in [0.1, 0.15) is 18.0 Å². The van der Waals surface area contributed by atoms with E-state index in [1.807, 2.05) is 12.1 Å². The summed E-state index contributed by atoms with van der Waals surface area (Å²) in [7, 11) is 0. The Bertz CT molecular complexity index is 483. The van der Waals surface area contributed by atoms with Gasteiger partial charge in [-0.3, -0.25) is 4.79 Å². The standard InChI is InChI=1S/C14H16O4/c1-3-9-5-4-6-10-13(9)14-11(17-10)7-12(18-14)16-8(2)15/h4-6,11-12,14H,3,7H2,1-2H3/t11-,12+,14+/m0/s1. The smallest absolute Gasteiger partial charge is 0.304 e. The van der Waals surface area contributed by atoms with Crippen molar-refractivity contribution in [1.82, 2.24) is 0 Å². The van der Waals surface area contributed by atoms with Crippen molar-refractivity contribution in [3.8, 4) is 5.75 Å². The highest BCUT2D eigenvalue weighted by atomic mass is 16.7. The van der Waals surface area contributed by atoms with Crippen molar-refractivity contribution in [3.63, 3.8) is 0 Å². The van der Waals surface area contributed by atoms with Crippen molar-refractivity contribution < 1.29 is 19.0 Å². The van der Waals surface area contributed by atoms with Gasteiger partial charge in [-0.2, -0.15) is 0 Å². The molecule has 3 rings (SSSR count). The van der Waals surface area contributed by atoms with Crippen LogP contribution in [0.5, 0.6) is 5.75 Å². The molecule has 2 heterocycles. The summed E-state index contributed by atoms with van der Waals surface area (Å²) in [4.78, 5) is 10.9. The van der Waals surface area contributed by atoms with Crippen LogP contribution in [0.25, 0.3) is 0 Å². The van der Waals surface area contributed by atoms with Crippen LogP contribution in [0, 0.1) is 0 Å². The highest BCUT2D eigenvalue weighted by Crippen LogP contribution is 2.47. The molecule has 4 nitrogen and oxygen atoms in total. The second-order valence-corrected chi connectivity index (χ2v) is 4.67. The normalized spacial score (nSPS) is 28.4. The Kier molecular flexibility index (Phi) is 2.74. The molecular weight excluding hydrogens is 232 g/mol. The molecule has 4 heteroatoms. The highest BCUT2D eigenvalue weighted by Gasteiger charge is 2.46. The van der Waals surface area contributed by atoms with Crippen molar-refractivity contribution in [1.29, 1.82) is 0 Å². The Labute approximate surface area is 106 Å². The van der Waals surface area contributed by atoms with Crippen molar-refractivity contribution in [2.45, 2.75) is 45.2 Å². The molecule has 1 saturated heterocycles. The van der Waals surface area contributed by atoms with E-state index in [1.165, 1.54) is 12.5 Å². The maximum atomic E-state index is 10.9. The topological polar surface area (TPSA) is 44.8 Å². The molecule has 0 aliphatic carbocycles. The number of hydrogen-bond donors (Lipinski definition) is 0. The van der Waals surface area contributed by atoms with E-state index in [9.17, 15) is 4.79 Å². The summed E-state index contributed by atoms with van der Waals surface area (Å²) in [5.74, 6) is 0.592. The van der Waals surface area contributed by atoms with Gasteiger partial charge in [-0.05, 0) is 18.1 Å². The Hall–Kier alpha value is -1.55. The van der Waals surface area contributed by atoms with Gasteiger partial charge < -0.3 is 14.2 Å². The van der Waals surface area contributed by atoms with Crippen LogP contribution < -0.4 is 4.74 Å². The van der Waals surface area contributed by atoms with Crippen LogP contribution in [0.4, 0.5) is 0 Å². The molecule has 0 spiro atoms. The Morgan fingerprint density at radius 1 is 1.50 bits per heavy atom. The Morgan fingerprint density at radius 2 is 2.33 bits per heavy atom. The summed E-state index contributed by atoms with van der Waals surface area (Å²) in [5.41, 5.74) is 2.36. The predicted octanol–water partition coefficient (Wildman–Crippen LogP) is 2.36. The summed E-state index contributed by atoms with van der Waals surface area (Å²) in [6.45, 7) is 3.51. The maximum absolute atomic E-state index is 10.9. The number of ether oxygens (including phenoxy) is 3. The van der Waals surface area contributed by atoms with Gasteiger partial charge in [-0.1, -0.05) is 19.1 Å².